The van der Waals surface area contributed by atoms with E-state index in [0.29, 0.717) is 0 Å². The minimum absolute atomic E-state index is 0.00545. The first-order chi connectivity index (χ1) is 13.2. The molecule has 1 saturated carbocycles. The molecule has 1 aromatic carbocycles. The highest BCUT2D eigenvalue weighted by Crippen LogP contribution is 2.45. The number of benzene rings is 1. The van der Waals surface area contributed by atoms with Gasteiger partial charge in [0.25, 0.3) is 11.5 Å². The SMILES string of the molecule is CC(C)c1nn(CC(=O)NC2(C)CC(F)(F)C2)c(=O)c2ccc(C(F)(F)F)cc12. The maximum atomic E-state index is 13.1. The van der Waals surface area contributed by atoms with Crippen molar-refractivity contribution in [3.05, 3.63) is 39.8 Å². The molecule has 1 aromatic heterocycles. The fourth-order valence-electron chi connectivity index (χ4n) is 3.71. The van der Waals surface area contributed by atoms with Gasteiger partial charge in [0, 0.05) is 23.8 Å². The Morgan fingerprint density at radius 2 is 1.86 bits per heavy atom. The number of carbonyl (C=O) groups excluding carboxylic acids is 1. The van der Waals surface area contributed by atoms with E-state index in [1.807, 2.05) is 0 Å². The molecular formula is C19H20F5N3O2. The highest BCUT2D eigenvalue weighted by atomic mass is 19.4. The van der Waals surface area contributed by atoms with Gasteiger partial charge in [-0.25, -0.2) is 13.5 Å². The van der Waals surface area contributed by atoms with Crippen LogP contribution >= 0.6 is 0 Å². The third-order valence-corrected chi connectivity index (χ3v) is 4.90. The zero-order chi connectivity index (χ0) is 21.8. The van der Waals surface area contributed by atoms with E-state index in [-0.39, 0.29) is 22.4 Å². The quantitative estimate of drug-likeness (QED) is 0.769. The van der Waals surface area contributed by atoms with Gasteiger partial charge in [-0.3, -0.25) is 9.59 Å². The van der Waals surface area contributed by atoms with Crippen molar-refractivity contribution in [2.24, 2.45) is 0 Å². The predicted molar refractivity (Wildman–Crippen MR) is 95.8 cm³/mol. The van der Waals surface area contributed by atoms with E-state index in [9.17, 15) is 31.5 Å². The maximum absolute atomic E-state index is 13.1. The fourth-order valence-corrected chi connectivity index (χ4v) is 3.71. The molecule has 158 valence electrons. The minimum atomic E-state index is -4.57. The predicted octanol–water partition coefficient (Wildman–Crippen LogP) is 3.84. The highest BCUT2D eigenvalue weighted by Gasteiger charge is 2.54. The van der Waals surface area contributed by atoms with Gasteiger partial charge >= 0.3 is 6.18 Å². The average molecular weight is 417 g/mol. The van der Waals surface area contributed by atoms with Gasteiger partial charge < -0.3 is 5.32 Å². The Hall–Kier alpha value is -2.52. The van der Waals surface area contributed by atoms with Crippen LogP contribution in [0.3, 0.4) is 0 Å². The second kappa shape index (κ2) is 6.77. The Kier molecular flexibility index (Phi) is 4.95. The van der Waals surface area contributed by atoms with Crippen molar-refractivity contribution in [2.45, 2.75) is 63.7 Å². The normalized spacial score (nSPS) is 18.0. The zero-order valence-corrected chi connectivity index (χ0v) is 16.0. The molecule has 0 bridgehead atoms. The van der Waals surface area contributed by atoms with Crippen LogP contribution in [-0.4, -0.2) is 27.1 Å². The van der Waals surface area contributed by atoms with Crippen LogP contribution in [0.5, 0.6) is 0 Å². The highest BCUT2D eigenvalue weighted by molar-refractivity contribution is 5.85. The molecule has 0 atom stereocenters. The maximum Gasteiger partial charge on any atom is 0.416 e. The first-order valence-electron chi connectivity index (χ1n) is 9.02. The molecule has 0 spiro atoms. The molecule has 1 fully saturated rings. The van der Waals surface area contributed by atoms with E-state index in [4.69, 9.17) is 0 Å². The lowest BCUT2D eigenvalue weighted by Gasteiger charge is -2.45. The van der Waals surface area contributed by atoms with Crippen molar-refractivity contribution >= 4 is 16.7 Å². The second-order valence-electron chi connectivity index (χ2n) is 8.08. The topological polar surface area (TPSA) is 64.0 Å². The van der Waals surface area contributed by atoms with Crippen LogP contribution in [0.2, 0.25) is 0 Å². The summed E-state index contributed by atoms with van der Waals surface area (Å²) in [4.78, 5) is 25.0. The molecule has 0 aliphatic heterocycles. The Morgan fingerprint density at radius 3 is 2.38 bits per heavy atom. The minimum Gasteiger partial charge on any atom is -0.349 e. The molecular weight excluding hydrogens is 397 g/mol. The lowest BCUT2D eigenvalue weighted by atomic mass is 9.75. The molecule has 1 aliphatic carbocycles. The Morgan fingerprint density at radius 1 is 1.24 bits per heavy atom. The number of rotatable bonds is 4. The van der Waals surface area contributed by atoms with Gasteiger partial charge in [-0.1, -0.05) is 13.8 Å². The van der Waals surface area contributed by atoms with E-state index in [2.05, 4.69) is 10.4 Å². The van der Waals surface area contributed by atoms with E-state index in [1.54, 1.807) is 13.8 Å². The van der Waals surface area contributed by atoms with Crippen LogP contribution in [0.1, 0.15) is 50.8 Å². The average Bonchev–Trinajstić information content (AvgIpc) is 2.53. The van der Waals surface area contributed by atoms with Crippen LogP contribution in [0.4, 0.5) is 22.0 Å². The van der Waals surface area contributed by atoms with Crippen LogP contribution in [0.25, 0.3) is 10.8 Å². The molecule has 0 radical (unpaired) electrons. The van der Waals surface area contributed by atoms with E-state index in [1.165, 1.54) is 6.92 Å². The van der Waals surface area contributed by atoms with Gasteiger partial charge in [0.15, 0.2) is 0 Å². The molecule has 1 amide bonds. The molecule has 10 heteroatoms. The van der Waals surface area contributed by atoms with Gasteiger partial charge in [0.1, 0.15) is 6.54 Å². The van der Waals surface area contributed by atoms with Gasteiger partial charge in [0.05, 0.1) is 16.6 Å². The monoisotopic (exact) mass is 417 g/mol. The number of hydrogen-bond donors (Lipinski definition) is 1. The summed E-state index contributed by atoms with van der Waals surface area (Å²) in [6, 6.07) is 2.74. The van der Waals surface area contributed by atoms with Crippen LogP contribution in [0.15, 0.2) is 23.0 Å². The number of aromatic nitrogens is 2. The summed E-state index contributed by atoms with van der Waals surface area (Å²) in [7, 11) is 0. The molecule has 29 heavy (non-hydrogen) atoms. The number of amides is 1. The summed E-state index contributed by atoms with van der Waals surface area (Å²) in [6.45, 7) is 4.37. The van der Waals surface area contributed by atoms with E-state index >= 15 is 0 Å². The lowest BCUT2D eigenvalue weighted by molar-refractivity contribution is -0.144. The second-order valence-corrected chi connectivity index (χ2v) is 8.08. The standard InChI is InChI=1S/C19H20F5N3O2/c1-10(2)15-13-6-11(19(22,23)24)4-5-12(13)16(29)27(26-15)7-14(28)25-17(3)8-18(20,21)9-17/h4-6,10H,7-9H2,1-3H3,(H,25,28). The van der Waals surface area contributed by atoms with Crippen molar-refractivity contribution < 1.29 is 26.7 Å². The molecule has 0 unspecified atom stereocenters. The number of carbonyl (C=O) groups is 1. The summed E-state index contributed by atoms with van der Waals surface area (Å²) in [6.07, 6.45) is -5.57. The molecule has 1 aliphatic rings. The molecule has 1 heterocycles. The molecule has 0 saturated heterocycles. The molecule has 5 nitrogen and oxygen atoms in total. The van der Waals surface area contributed by atoms with E-state index < -0.39 is 54.1 Å². The van der Waals surface area contributed by atoms with Gasteiger partial charge in [0.2, 0.25) is 5.91 Å². The molecule has 2 aromatic rings. The summed E-state index contributed by atoms with van der Waals surface area (Å²) in [5.41, 5.74) is -2.46. The van der Waals surface area contributed by atoms with E-state index in [0.717, 1.165) is 22.9 Å². The van der Waals surface area contributed by atoms with Crippen molar-refractivity contribution in [3.8, 4) is 0 Å². The fraction of sp³-hybridized carbons (Fsp3) is 0.526. The Balaban J connectivity index is 1.96. The summed E-state index contributed by atoms with van der Waals surface area (Å²) < 4.78 is 66.2. The van der Waals surface area contributed by atoms with Crippen molar-refractivity contribution in [1.82, 2.24) is 15.1 Å². The molecule has 3 rings (SSSR count). The van der Waals surface area contributed by atoms with Crippen molar-refractivity contribution in [1.29, 1.82) is 0 Å². The Labute approximate surface area is 162 Å². The number of alkyl halides is 5. The van der Waals surface area contributed by atoms with Gasteiger partial charge in [-0.2, -0.15) is 18.3 Å². The van der Waals surface area contributed by atoms with Crippen LogP contribution in [-0.2, 0) is 17.5 Å². The number of halogens is 5. The zero-order valence-electron chi connectivity index (χ0n) is 16.0. The van der Waals surface area contributed by atoms with Crippen LogP contribution in [0, 0.1) is 0 Å². The Bertz CT molecular complexity index is 1020. The number of fused-ring (bicyclic) bond motifs is 1. The summed E-state index contributed by atoms with van der Waals surface area (Å²) in [5, 5.41) is 6.65. The third-order valence-electron chi connectivity index (χ3n) is 4.90. The van der Waals surface area contributed by atoms with Gasteiger partial charge in [-0.05, 0) is 31.0 Å². The smallest absolute Gasteiger partial charge is 0.349 e. The first-order valence-corrected chi connectivity index (χ1v) is 9.02. The third kappa shape index (κ3) is 4.25. The summed E-state index contributed by atoms with van der Waals surface area (Å²) in [5.74, 6) is -3.82. The summed E-state index contributed by atoms with van der Waals surface area (Å²) >= 11 is 0. The largest absolute Gasteiger partial charge is 0.416 e. The van der Waals surface area contributed by atoms with Crippen molar-refractivity contribution in [3.63, 3.8) is 0 Å². The number of hydrogen-bond acceptors (Lipinski definition) is 3. The first kappa shape index (κ1) is 21.2. The molecule has 1 N–H and O–H groups in total. The number of nitrogens with zero attached hydrogens (tertiary/aromatic N) is 2. The van der Waals surface area contributed by atoms with Gasteiger partial charge in [-0.15, -0.1) is 0 Å². The van der Waals surface area contributed by atoms with Crippen molar-refractivity contribution in [2.75, 3.05) is 0 Å². The number of nitrogens with one attached hydrogen (secondary N) is 1. The lowest BCUT2D eigenvalue weighted by Crippen LogP contribution is -2.61. The van der Waals surface area contributed by atoms with Crippen LogP contribution < -0.4 is 10.9 Å².